The molecule has 1 fully saturated rings. The molecule has 2 heterocycles. The van der Waals surface area contributed by atoms with E-state index in [0.29, 0.717) is 18.6 Å². The Bertz CT molecular complexity index is 452. The van der Waals surface area contributed by atoms with E-state index in [1.165, 1.54) is 12.8 Å². The van der Waals surface area contributed by atoms with Crippen LogP contribution in [0.1, 0.15) is 47.0 Å². The third-order valence-corrected chi connectivity index (χ3v) is 3.41. The SMILES string of the molecule is CCNc1nc(OCCC(C)(C)C)nc(N2CCCC2)n1. The fraction of sp³-hybridized carbons (Fsp3) is 0.800. The Morgan fingerprint density at radius 2 is 1.86 bits per heavy atom. The van der Waals surface area contributed by atoms with Gasteiger partial charge < -0.3 is 15.0 Å². The summed E-state index contributed by atoms with van der Waals surface area (Å²) in [7, 11) is 0. The van der Waals surface area contributed by atoms with E-state index in [-0.39, 0.29) is 5.41 Å². The van der Waals surface area contributed by atoms with Crippen molar-refractivity contribution < 1.29 is 4.74 Å². The molecule has 0 atom stereocenters. The molecule has 6 heteroatoms. The van der Waals surface area contributed by atoms with E-state index in [0.717, 1.165) is 32.0 Å². The minimum absolute atomic E-state index is 0.245. The third-order valence-electron chi connectivity index (χ3n) is 3.41. The van der Waals surface area contributed by atoms with Crippen LogP contribution in [-0.2, 0) is 0 Å². The molecule has 0 bridgehead atoms. The molecule has 6 nitrogen and oxygen atoms in total. The molecule has 0 radical (unpaired) electrons. The largest absolute Gasteiger partial charge is 0.463 e. The number of anilines is 2. The fourth-order valence-corrected chi connectivity index (χ4v) is 2.15. The molecule has 0 aliphatic carbocycles. The van der Waals surface area contributed by atoms with Crippen LogP contribution in [0.25, 0.3) is 0 Å². The van der Waals surface area contributed by atoms with E-state index in [9.17, 15) is 0 Å². The number of hydrogen-bond donors (Lipinski definition) is 1. The summed E-state index contributed by atoms with van der Waals surface area (Å²) in [5, 5.41) is 3.15. The second-order valence-corrected chi connectivity index (χ2v) is 6.63. The van der Waals surface area contributed by atoms with Gasteiger partial charge in [0.05, 0.1) is 6.61 Å². The number of rotatable bonds is 6. The summed E-state index contributed by atoms with van der Waals surface area (Å²) in [5.41, 5.74) is 0.245. The van der Waals surface area contributed by atoms with Crippen molar-refractivity contribution in [3.63, 3.8) is 0 Å². The average Bonchev–Trinajstić information content (AvgIpc) is 2.91. The van der Waals surface area contributed by atoms with Crippen molar-refractivity contribution in [1.29, 1.82) is 0 Å². The average molecular weight is 293 g/mol. The van der Waals surface area contributed by atoms with Gasteiger partial charge in [0.15, 0.2) is 0 Å². The molecule has 2 rings (SSSR count). The van der Waals surface area contributed by atoms with Crippen molar-refractivity contribution >= 4 is 11.9 Å². The van der Waals surface area contributed by atoms with E-state index < -0.39 is 0 Å². The normalized spacial score (nSPS) is 15.3. The molecule has 0 spiro atoms. The first kappa shape index (κ1) is 15.8. The van der Waals surface area contributed by atoms with Crippen LogP contribution in [0.3, 0.4) is 0 Å². The van der Waals surface area contributed by atoms with Crippen molar-refractivity contribution in [2.24, 2.45) is 5.41 Å². The van der Waals surface area contributed by atoms with Crippen molar-refractivity contribution in [3.05, 3.63) is 0 Å². The van der Waals surface area contributed by atoms with Crippen molar-refractivity contribution in [1.82, 2.24) is 15.0 Å². The second-order valence-electron chi connectivity index (χ2n) is 6.63. The van der Waals surface area contributed by atoms with Crippen LogP contribution < -0.4 is 15.0 Å². The number of hydrogen-bond acceptors (Lipinski definition) is 6. The van der Waals surface area contributed by atoms with Crippen LogP contribution in [0.2, 0.25) is 0 Å². The topological polar surface area (TPSA) is 63.2 Å². The zero-order chi connectivity index (χ0) is 15.3. The predicted molar refractivity (Wildman–Crippen MR) is 85.0 cm³/mol. The Morgan fingerprint density at radius 3 is 2.48 bits per heavy atom. The lowest BCUT2D eigenvalue weighted by molar-refractivity contribution is 0.229. The summed E-state index contributed by atoms with van der Waals surface area (Å²) in [6.45, 7) is 12.0. The second kappa shape index (κ2) is 6.91. The highest BCUT2D eigenvalue weighted by Gasteiger charge is 2.18. The van der Waals surface area contributed by atoms with Crippen molar-refractivity contribution in [2.45, 2.75) is 47.0 Å². The number of aromatic nitrogens is 3. The molecular formula is C15H27N5O. The van der Waals surface area contributed by atoms with Crippen LogP contribution in [-0.4, -0.2) is 41.2 Å². The molecule has 0 unspecified atom stereocenters. The van der Waals surface area contributed by atoms with Crippen LogP contribution in [0.15, 0.2) is 0 Å². The van der Waals surface area contributed by atoms with Gasteiger partial charge in [-0.25, -0.2) is 0 Å². The van der Waals surface area contributed by atoms with Crippen LogP contribution in [0.5, 0.6) is 6.01 Å². The first-order valence-corrected chi connectivity index (χ1v) is 7.85. The molecule has 1 aromatic heterocycles. The molecular weight excluding hydrogens is 266 g/mol. The summed E-state index contributed by atoms with van der Waals surface area (Å²) < 4.78 is 5.74. The van der Waals surface area contributed by atoms with Gasteiger partial charge in [-0.2, -0.15) is 15.0 Å². The quantitative estimate of drug-likeness (QED) is 0.870. The smallest absolute Gasteiger partial charge is 0.323 e. The number of nitrogens with zero attached hydrogens (tertiary/aromatic N) is 4. The van der Waals surface area contributed by atoms with E-state index in [1.807, 2.05) is 6.92 Å². The minimum Gasteiger partial charge on any atom is -0.463 e. The van der Waals surface area contributed by atoms with Gasteiger partial charge in [0.25, 0.3) is 0 Å². The monoisotopic (exact) mass is 293 g/mol. The third kappa shape index (κ3) is 5.02. The highest BCUT2D eigenvalue weighted by atomic mass is 16.5. The summed E-state index contributed by atoms with van der Waals surface area (Å²) in [4.78, 5) is 15.5. The fourth-order valence-electron chi connectivity index (χ4n) is 2.15. The molecule has 118 valence electrons. The van der Waals surface area contributed by atoms with Crippen molar-refractivity contribution in [3.8, 4) is 6.01 Å². The summed E-state index contributed by atoms with van der Waals surface area (Å²) in [5.74, 6) is 1.32. The van der Waals surface area contributed by atoms with Gasteiger partial charge in [-0.3, -0.25) is 0 Å². The molecule has 1 saturated heterocycles. The zero-order valence-corrected chi connectivity index (χ0v) is 13.6. The Labute approximate surface area is 127 Å². The Balaban J connectivity index is 2.07. The lowest BCUT2D eigenvalue weighted by Gasteiger charge is -2.19. The van der Waals surface area contributed by atoms with E-state index in [1.54, 1.807) is 0 Å². The summed E-state index contributed by atoms with van der Waals surface area (Å²) >= 11 is 0. The lowest BCUT2D eigenvalue weighted by atomic mass is 9.93. The highest BCUT2D eigenvalue weighted by Crippen LogP contribution is 2.21. The van der Waals surface area contributed by atoms with Crippen LogP contribution >= 0.6 is 0 Å². The van der Waals surface area contributed by atoms with Crippen LogP contribution in [0.4, 0.5) is 11.9 Å². The molecule has 1 aliphatic rings. The molecule has 0 aromatic carbocycles. The van der Waals surface area contributed by atoms with E-state index >= 15 is 0 Å². The Morgan fingerprint density at radius 1 is 1.14 bits per heavy atom. The van der Waals surface area contributed by atoms with Gasteiger partial charge in [0, 0.05) is 19.6 Å². The van der Waals surface area contributed by atoms with Gasteiger partial charge in [-0.1, -0.05) is 20.8 Å². The van der Waals surface area contributed by atoms with Crippen LogP contribution in [0, 0.1) is 5.41 Å². The predicted octanol–water partition coefficient (Wildman–Crippen LogP) is 2.72. The maximum atomic E-state index is 5.74. The maximum absolute atomic E-state index is 5.74. The zero-order valence-electron chi connectivity index (χ0n) is 13.6. The first-order chi connectivity index (χ1) is 9.98. The molecule has 1 N–H and O–H groups in total. The standard InChI is InChI=1S/C15H27N5O/c1-5-16-12-17-13(20-9-6-7-10-20)19-14(18-12)21-11-8-15(2,3)4/h5-11H2,1-4H3,(H,16,17,18,19). The number of nitrogens with one attached hydrogen (secondary N) is 1. The highest BCUT2D eigenvalue weighted by molar-refractivity contribution is 5.39. The van der Waals surface area contributed by atoms with Gasteiger partial charge in [0.2, 0.25) is 11.9 Å². The molecule has 0 saturated carbocycles. The summed E-state index contributed by atoms with van der Waals surface area (Å²) in [6, 6.07) is 0.423. The molecule has 0 amide bonds. The van der Waals surface area contributed by atoms with Crippen molar-refractivity contribution in [2.75, 3.05) is 36.5 Å². The molecule has 1 aliphatic heterocycles. The Hall–Kier alpha value is -1.59. The van der Waals surface area contributed by atoms with E-state index in [4.69, 9.17) is 4.74 Å². The minimum atomic E-state index is 0.245. The number of ether oxygens (including phenoxy) is 1. The lowest BCUT2D eigenvalue weighted by Crippen LogP contribution is -2.22. The molecule has 21 heavy (non-hydrogen) atoms. The summed E-state index contributed by atoms with van der Waals surface area (Å²) in [6.07, 6.45) is 3.36. The van der Waals surface area contributed by atoms with E-state index in [2.05, 4.69) is 45.9 Å². The maximum Gasteiger partial charge on any atom is 0.323 e. The Kier molecular flexibility index (Phi) is 5.20. The van der Waals surface area contributed by atoms with Gasteiger partial charge in [-0.05, 0) is 31.6 Å². The molecule has 1 aromatic rings. The van der Waals surface area contributed by atoms with Gasteiger partial charge in [0.1, 0.15) is 0 Å². The van der Waals surface area contributed by atoms with Gasteiger partial charge >= 0.3 is 6.01 Å². The van der Waals surface area contributed by atoms with Gasteiger partial charge in [-0.15, -0.1) is 0 Å². The first-order valence-electron chi connectivity index (χ1n) is 7.85.